The van der Waals surface area contributed by atoms with E-state index in [1.807, 2.05) is 0 Å². The van der Waals surface area contributed by atoms with Crippen LogP contribution in [0.4, 0.5) is 0 Å². The molecule has 64 valence electrons. The first-order chi connectivity index (χ1) is 5.38. The Morgan fingerprint density at radius 2 is 1.91 bits per heavy atom. The molecule has 0 aromatic heterocycles. The highest BCUT2D eigenvalue weighted by molar-refractivity contribution is 4.88. The molecule has 2 rings (SSSR count). The van der Waals surface area contributed by atoms with Gasteiger partial charge in [-0.2, -0.15) is 0 Å². The Hall–Kier alpha value is -0.0400. The molecular weight excluding hydrogens is 134 g/mol. The number of nitrogens with one attached hydrogen (secondary N) is 1. The van der Waals surface area contributed by atoms with Gasteiger partial charge in [0.05, 0.1) is 0 Å². The molecule has 1 aliphatic carbocycles. The molecule has 1 saturated carbocycles. The number of hydrogen-bond donors (Lipinski definition) is 1. The molecule has 1 nitrogen and oxygen atoms in total. The highest BCUT2D eigenvalue weighted by Gasteiger charge is 2.31. The van der Waals surface area contributed by atoms with Crippen molar-refractivity contribution in [3.63, 3.8) is 0 Å². The molecule has 1 N–H and O–H groups in total. The van der Waals surface area contributed by atoms with Crippen LogP contribution in [0.25, 0.3) is 0 Å². The van der Waals surface area contributed by atoms with Gasteiger partial charge in [0, 0.05) is 6.04 Å². The molecule has 0 spiro atoms. The van der Waals surface area contributed by atoms with Gasteiger partial charge in [-0.1, -0.05) is 19.8 Å². The molecule has 0 aromatic rings. The zero-order valence-corrected chi connectivity index (χ0v) is 7.47. The molecule has 3 unspecified atom stereocenters. The van der Waals surface area contributed by atoms with Gasteiger partial charge in [0.25, 0.3) is 0 Å². The van der Waals surface area contributed by atoms with Crippen LogP contribution in [0.2, 0.25) is 0 Å². The van der Waals surface area contributed by atoms with E-state index in [9.17, 15) is 0 Å². The van der Waals surface area contributed by atoms with E-state index in [0.29, 0.717) is 0 Å². The summed E-state index contributed by atoms with van der Waals surface area (Å²) < 4.78 is 0. The fourth-order valence-corrected chi connectivity index (χ4v) is 2.82. The largest absolute Gasteiger partial charge is 0.313 e. The summed E-state index contributed by atoms with van der Waals surface area (Å²) in [6.07, 6.45) is 7.33. The summed E-state index contributed by atoms with van der Waals surface area (Å²) in [5.41, 5.74) is 0. The van der Waals surface area contributed by atoms with Gasteiger partial charge in [-0.15, -0.1) is 0 Å². The molecule has 1 aliphatic heterocycles. The molecule has 0 radical (unpaired) electrons. The van der Waals surface area contributed by atoms with E-state index in [1.54, 1.807) is 0 Å². The average Bonchev–Trinajstić information content (AvgIpc) is 2.40. The molecular formula is C10H19N. The quantitative estimate of drug-likeness (QED) is 0.562. The standard InChI is InChI=1S/C10H19N/c1-8-4-2-3-5-9-6-7-11-10(8)9/h8-11H,2-7H2,1H3. The Morgan fingerprint density at radius 1 is 1.09 bits per heavy atom. The first kappa shape index (κ1) is 7.60. The highest BCUT2D eigenvalue weighted by Crippen LogP contribution is 2.32. The second kappa shape index (κ2) is 3.14. The highest BCUT2D eigenvalue weighted by atomic mass is 15.0. The van der Waals surface area contributed by atoms with E-state index in [2.05, 4.69) is 12.2 Å². The fraction of sp³-hybridized carbons (Fsp3) is 1.00. The second-order valence-electron chi connectivity index (χ2n) is 4.29. The lowest BCUT2D eigenvalue weighted by Crippen LogP contribution is -2.32. The Labute approximate surface area is 69.6 Å². The molecule has 2 aliphatic rings. The van der Waals surface area contributed by atoms with Crippen LogP contribution in [-0.2, 0) is 0 Å². The van der Waals surface area contributed by atoms with Gasteiger partial charge in [-0.25, -0.2) is 0 Å². The van der Waals surface area contributed by atoms with Crippen LogP contribution in [0, 0.1) is 11.8 Å². The van der Waals surface area contributed by atoms with Crippen LogP contribution in [0.3, 0.4) is 0 Å². The van der Waals surface area contributed by atoms with Crippen LogP contribution in [0.15, 0.2) is 0 Å². The van der Waals surface area contributed by atoms with Crippen molar-refractivity contribution in [2.45, 2.75) is 45.1 Å². The van der Waals surface area contributed by atoms with Gasteiger partial charge in [0.1, 0.15) is 0 Å². The van der Waals surface area contributed by atoms with Crippen LogP contribution in [-0.4, -0.2) is 12.6 Å². The van der Waals surface area contributed by atoms with Gasteiger partial charge in [0.15, 0.2) is 0 Å². The summed E-state index contributed by atoms with van der Waals surface area (Å²) in [6, 6.07) is 0.873. The first-order valence-electron chi connectivity index (χ1n) is 5.11. The fourth-order valence-electron chi connectivity index (χ4n) is 2.82. The van der Waals surface area contributed by atoms with Crippen molar-refractivity contribution in [3.05, 3.63) is 0 Å². The third-order valence-electron chi connectivity index (χ3n) is 3.50. The van der Waals surface area contributed by atoms with E-state index in [0.717, 1.165) is 17.9 Å². The third-order valence-corrected chi connectivity index (χ3v) is 3.50. The predicted octanol–water partition coefficient (Wildman–Crippen LogP) is 2.17. The van der Waals surface area contributed by atoms with Gasteiger partial charge >= 0.3 is 0 Å². The Bertz CT molecular complexity index is 133. The summed E-state index contributed by atoms with van der Waals surface area (Å²) in [7, 11) is 0. The molecule has 0 amide bonds. The zero-order chi connectivity index (χ0) is 7.68. The van der Waals surface area contributed by atoms with Crippen molar-refractivity contribution in [1.82, 2.24) is 5.32 Å². The minimum atomic E-state index is 0.873. The molecule has 1 heterocycles. The summed E-state index contributed by atoms with van der Waals surface area (Å²) >= 11 is 0. The maximum absolute atomic E-state index is 3.65. The minimum absolute atomic E-state index is 0.873. The summed E-state index contributed by atoms with van der Waals surface area (Å²) in [4.78, 5) is 0. The van der Waals surface area contributed by atoms with E-state index in [4.69, 9.17) is 0 Å². The topological polar surface area (TPSA) is 12.0 Å². The van der Waals surface area contributed by atoms with Crippen LogP contribution in [0.5, 0.6) is 0 Å². The molecule has 0 aromatic carbocycles. The van der Waals surface area contributed by atoms with E-state index < -0.39 is 0 Å². The van der Waals surface area contributed by atoms with Gasteiger partial charge in [0.2, 0.25) is 0 Å². The van der Waals surface area contributed by atoms with Crippen LogP contribution >= 0.6 is 0 Å². The van der Waals surface area contributed by atoms with E-state index in [1.165, 1.54) is 38.6 Å². The molecule has 3 atom stereocenters. The summed E-state index contributed by atoms with van der Waals surface area (Å²) in [5.74, 6) is 1.96. The smallest absolute Gasteiger partial charge is 0.0121 e. The summed E-state index contributed by atoms with van der Waals surface area (Å²) in [5, 5.41) is 3.65. The van der Waals surface area contributed by atoms with Gasteiger partial charge in [-0.05, 0) is 37.6 Å². The lowest BCUT2D eigenvalue weighted by Gasteiger charge is -2.22. The SMILES string of the molecule is CC1CCCCC2CCNC12. The molecule has 1 saturated heterocycles. The summed E-state index contributed by atoms with van der Waals surface area (Å²) in [6.45, 7) is 3.70. The predicted molar refractivity (Wildman–Crippen MR) is 47.5 cm³/mol. The Morgan fingerprint density at radius 3 is 2.82 bits per heavy atom. The second-order valence-corrected chi connectivity index (χ2v) is 4.29. The van der Waals surface area contributed by atoms with E-state index in [-0.39, 0.29) is 0 Å². The Kier molecular flexibility index (Phi) is 2.17. The monoisotopic (exact) mass is 153 g/mol. The minimum Gasteiger partial charge on any atom is -0.313 e. The van der Waals surface area contributed by atoms with Crippen molar-refractivity contribution in [2.75, 3.05) is 6.54 Å². The maximum Gasteiger partial charge on any atom is 0.0121 e. The van der Waals surface area contributed by atoms with Crippen molar-refractivity contribution >= 4 is 0 Å². The van der Waals surface area contributed by atoms with Gasteiger partial charge in [-0.3, -0.25) is 0 Å². The number of hydrogen-bond acceptors (Lipinski definition) is 1. The third kappa shape index (κ3) is 1.44. The molecule has 11 heavy (non-hydrogen) atoms. The molecule has 0 bridgehead atoms. The molecule has 2 fully saturated rings. The van der Waals surface area contributed by atoms with Crippen LogP contribution < -0.4 is 5.32 Å². The van der Waals surface area contributed by atoms with E-state index >= 15 is 0 Å². The first-order valence-corrected chi connectivity index (χ1v) is 5.11. The van der Waals surface area contributed by atoms with Crippen molar-refractivity contribution < 1.29 is 0 Å². The molecule has 1 heteroatoms. The number of rotatable bonds is 0. The normalized spacial score (nSPS) is 45.0. The lowest BCUT2D eigenvalue weighted by molar-refractivity contribution is 0.340. The number of fused-ring (bicyclic) bond motifs is 1. The maximum atomic E-state index is 3.65. The van der Waals surface area contributed by atoms with Crippen molar-refractivity contribution in [1.29, 1.82) is 0 Å². The van der Waals surface area contributed by atoms with Gasteiger partial charge < -0.3 is 5.32 Å². The zero-order valence-electron chi connectivity index (χ0n) is 7.47. The lowest BCUT2D eigenvalue weighted by atomic mass is 9.90. The van der Waals surface area contributed by atoms with Crippen molar-refractivity contribution in [3.8, 4) is 0 Å². The average molecular weight is 153 g/mol. The van der Waals surface area contributed by atoms with Crippen molar-refractivity contribution in [2.24, 2.45) is 11.8 Å². The Balaban J connectivity index is 2.03. The van der Waals surface area contributed by atoms with Crippen LogP contribution in [0.1, 0.15) is 39.0 Å².